The largest absolute Gasteiger partial charge is 1.00 e. The lowest BCUT2D eigenvalue weighted by Crippen LogP contribution is -3.00. The zero-order chi connectivity index (χ0) is 39.7. The Balaban J connectivity index is -0.00000451. The average molecular weight is 997 g/mol. The SMILES string of the molecule is CCCCCCCCCOC(=O)C[N+](C)(C)CCC[N+](C)(CCC[N+](C)(C)CC(=O)OCCCCCCCCC)CC(=O)OCCCCCCCCC.[Br-].[Br-].[Br-]. The van der Waals surface area contributed by atoms with Gasteiger partial charge in [0.1, 0.15) is 0 Å². The highest BCUT2D eigenvalue weighted by Crippen LogP contribution is 2.14. The maximum Gasteiger partial charge on any atom is 0.361 e. The summed E-state index contributed by atoms with van der Waals surface area (Å²) in [6.07, 6.45) is 26.9. The van der Waals surface area contributed by atoms with E-state index in [0.717, 1.165) is 77.5 Å². The van der Waals surface area contributed by atoms with Crippen LogP contribution in [0.15, 0.2) is 0 Å². The third-order valence-electron chi connectivity index (χ3n) is 10.6. The van der Waals surface area contributed by atoms with Crippen LogP contribution >= 0.6 is 0 Å². The van der Waals surface area contributed by atoms with Crippen LogP contribution in [-0.2, 0) is 28.6 Å². The first-order valence-electron chi connectivity index (χ1n) is 22.2. The van der Waals surface area contributed by atoms with Crippen molar-refractivity contribution in [3.8, 4) is 0 Å². The van der Waals surface area contributed by atoms with Crippen LogP contribution in [0.4, 0.5) is 0 Å². The summed E-state index contributed by atoms with van der Waals surface area (Å²) in [5.41, 5.74) is 0. The van der Waals surface area contributed by atoms with Crippen LogP contribution < -0.4 is 50.9 Å². The predicted octanol–water partition coefficient (Wildman–Crippen LogP) is 0.259. The van der Waals surface area contributed by atoms with Gasteiger partial charge in [-0.15, -0.1) is 0 Å². The Hall–Kier alpha value is -0.270. The molecule has 0 aliphatic rings. The van der Waals surface area contributed by atoms with Gasteiger partial charge >= 0.3 is 17.9 Å². The standard InChI is InChI=1S/C44H90N3O6.3BrH/c1-9-12-15-18-21-24-27-36-51-42(48)39-45(4,5)32-30-34-47(8,41-44(50)53-38-29-26-23-20-17-14-11-3)35-31-33-46(6,7)40-43(49)52-37-28-25-22-19-16-13-10-2;;;/h9-41H2,1-8H3;3*1H/q+3;;;/p-3. The lowest BCUT2D eigenvalue weighted by atomic mass is 10.1. The quantitative estimate of drug-likeness (QED) is 0.0383. The van der Waals surface area contributed by atoms with E-state index in [0.29, 0.717) is 52.9 Å². The number of quaternary nitrogens is 3. The molecule has 0 saturated carbocycles. The number of hydrogen-bond donors (Lipinski definition) is 0. The van der Waals surface area contributed by atoms with Crippen molar-refractivity contribution in [2.45, 2.75) is 168 Å². The van der Waals surface area contributed by atoms with Gasteiger partial charge in [-0.3, -0.25) is 0 Å². The van der Waals surface area contributed by atoms with Crippen molar-refractivity contribution < 1.29 is 93.0 Å². The predicted molar refractivity (Wildman–Crippen MR) is 221 cm³/mol. The van der Waals surface area contributed by atoms with Crippen LogP contribution in [0.25, 0.3) is 0 Å². The number of hydrogen-bond acceptors (Lipinski definition) is 6. The van der Waals surface area contributed by atoms with Gasteiger partial charge in [0.2, 0.25) is 0 Å². The summed E-state index contributed by atoms with van der Waals surface area (Å²) in [6, 6.07) is 0. The Morgan fingerprint density at radius 1 is 0.339 bits per heavy atom. The van der Waals surface area contributed by atoms with E-state index in [4.69, 9.17) is 14.2 Å². The van der Waals surface area contributed by atoms with Crippen LogP contribution in [0.5, 0.6) is 0 Å². The van der Waals surface area contributed by atoms with Crippen molar-refractivity contribution in [2.75, 3.05) is 101 Å². The highest BCUT2D eigenvalue weighted by molar-refractivity contribution is 5.71. The van der Waals surface area contributed by atoms with Gasteiger partial charge < -0.3 is 78.6 Å². The summed E-state index contributed by atoms with van der Waals surface area (Å²) >= 11 is 0. The summed E-state index contributed by atoms with van der Waals surface area (Å²) < 4.78 is 18.6. The number of unbranched alkanes of at least 4 members (excludes halogenated alkanes) is 18. The van der Waals surface area contributed by atoms with Crippen molar-refractivity contribution in [3.63, 3.8) is 0 Å². The van der Waals surface area contributed by atoms with Gasteiger partial charge in [0.25, 0.3) is 0 Å². The molecular formula is C44H90Br3N3O6. The molecule has 9 nitrogen and oxygen atoms in total. The van der Waals surface area contributed by atoms with E-state index in [2.05, 4.69) is 56.0 Å². The first-order chi connectivity index (χ1) is 25.3. The van der Waals surface area contributed by atoms with Gasteiger partial charge in [-0.1, -0.05) is 136 Å². The van der Waals surface area contributed by atoms with Crippen LogP contribution in [0.2, 0.25) is 0 Å². The normalized spacial score (nSPS) is 11.6. The van der Waals surface area contributed by atoms with Gasteiger partial charge in [0, 0.05) is 12.8 Å². The molecule has 0 bridgehead atoms. The molecule has 0 atom stereocenters. The van der Waals surface area contributed by atoms with Crippen molar-refractivity contribution in [1.82, 2.24) is 0 Å². The minimum Gasteiger partial charge on any atom is -1.00 e. The minimum absolute atomic E-state index is 0. The summed E-state index contributed by atoms with van der Waals surface area (Å²) in [7, 11) is 10.5. The number of rotatable bonds is 38. The molecule has 338 valence electrons. The zero-order valence-corrected chi connectivity index (χ0v) is 42.5. The van der Waals surface area contributed by atoms with Gasteiger partial charge in [0.15, 0.2) is 19.6 Å². The second-order valence-corrected chi connectivity index (χ2v) is 17.6. The van der Waals surface area contributed by atoms with E-state index in [1.807, 2.05) is 0 Å². The highest BCUT2D eigenvalue weighted by Gasteiger charge is 2.30. The van der Waals surface area contributed by atoms with E-state index in [1.165, 1.54) is 96.3 Å². The third kappa shape index (κ3) is 40.5. The van der Waals surface area contributed by atoms with Crippen molar-refractivity contribution in [2.24, 2.45) is 0 Å². The number of esters is 3. The second kappa shape index (κ2) is 40.2. The fraction of sp³-hybridized carbons (Fsp3) is 0.932. The van der Waals surface area contributed by atoms with Crippen molar-refractivity contribution in [1.29, 1.82) is 0 Å². The van der Waals surface area contributed by atoms with E-state index in [9.17, 15) is 14.4 Å². The number of ether oxygens (including phenoxy) is 3. The molecule has 0 heterocycles. The number of halogens is 3. The van der Waals surface area contributed by atoms with E-state index >= 15 is 0 Å². The summed E-state index contributed by atoms with van der Waals surface area (Å²) in [5, 5.41) is 0. The molecular weight excluding hydrogens is 906 g/mol. The fourth-order valence-corrected chi connectivity index (χ4v) is 7.07. The fourth-order valence-electron chi connectivity index (χ4n) is 7.07. The van der Waals surface area contributed by atoms with E-state index in [1.54, 1.807) is 0 Å². The summed E-state index contributed by atoms with van der Waals surface area (Å²) in [5.74, 6) is -0.398. The first kappa shape index (κ1) is 62.4. The maximum atomic E-state index is 13.1. The van der Waals surface area contributed by atoms with Gasteiger partial charge in [-0.2, -0.15) is 0 Å². The Labute approximate surface area is 378 Å². The molecule has 0 rings (SSSR count). The smallest absolute Gasteiger partial charge is 0.361 e. The number of carbonyl (C=O) groups is 3. The van der Waals surface area contributed by atoms with Crippen molar-refractivity contribution in [3.05, 3.63) is 0 Å². The monoisotopic (exact) mass is 993 g/mol. The molecule has 0 aliphatic carbocycles. The average Bonchev–Trinajstić information content (AvgIpc) is 3.07. The molecule has 0 N–H and O–H groups in total. The van der Waals surface area contributed by atoms with E-state index in [-0.39, 0.29) is 68.9 Å². The molecule has 56 heavy (non-hydrogen) atoms. The van der Waals surface area contributed by atoms with Crippen LogP contribution in [-0.4, -0.2) is 132 Å². The summed E-state index contributed by atoms with van der Waals surface area (Å²) in [6.45, 7) is 12.5. The topological polar surface area (TPSA) is 78.9 Å². The zero-order valence-electron chi connectivity index (χ0n) is 37.8. The van der Waals surface area contributed by atoms with Crippen molar-refractivity contribution >= 4 is 17.9 Å². The Morgan fingerprint density at radius 2 is 0.589 bits per heavy atom. The summed E-state index contributed by atoms with van der Waals surface area (Å²) in [4.78, 5) is 38.4. The number of likely N-dealkylation sites (N-methyl/N-ethyl adjacent to an activating group) is 3. The lowest BCUT2D eigenvalue weighted by Gasteiger charge is -2.36. The minimum atomic E-state index is -0.135. The number of nitrogens with zero attached hydrogens (tertiary/aromatic N) is 3. The Kier molecular flexibility index (Phi) is 44.7. The molecule has 0 saturated heterocycles. The molecule has 12 heteroatoms. The number of carbonyl (C=O) groups excluding carboxylic acids is 3. The molecule has 0 aromatic rings. The van der Waals surface area contributed by atoms with Crippen LogP contribution in [0, 0.1) is 0 Å². The molecule has 0 amide bonds. The van der Waals surface area contributed by atoms with Gasteiger partial charge in [-0.25, -0.2) is 14.4 Å². The molecule has 0 aromatic carbocycles. The second-order valence-electron chi connectivity index (χ2n) is 17.6. The molecule has 0 radical (unpaired) electrons. The Bertz CT molecular complexity index is 874. The maximum absolute atomic E-state index is 13.1. The van der Waals surface area contributed by atoms with Crippen LogP contribution in [0.3, 0.4) is 0 Å². The molecule has 0 spiro atoms. The molecule has 0 unspecified atom stereocenters. The Morgan fingerprint density at radius 3 is 0.875 bits per heavy atom. The van der Waals surface area contributed by atoms with Gasteiger partial charge in [0.05, 0.1) is 81.2 Å². The van der Waals surface area contributed by atoms with E-state index < -0.39 is 0 Å². The van der Waals surface area contributed by atoms with Crippen LogP contribution in [0.1, 0.15) is 168 Å². The molecule has 0 fully saturated rings. The molecule has 0 aliphatic heterocycles. The third-order valence-corrected chi connectivity index (χ3v) is 10.6. The van der Waals surface area contributed by atoms with Gasteiger partial charge in [-0.05, 0) is 19.3 Å². The molecule has 0 aromatic heterocycles. The first-order valence-corrected chi connectivity index (χ1v) is 22.2. The lowest BCUT2D eigenvalue weighted by molar-refractivity contribution is -0.921. The highest BCUT2D eigenvalue weighted by atomic mass is 79.9.